The van der Waals surface area contributed by atoms with E-state index in [-0.39, 0.29) is 133 Å². The van der Waals surface area contributed by atoms with Crippen LogP contribution in [0.15, 0.2) is 97.6 Å². The molecular formula is C93H135N31O23S3. The number of phenols is 1. The van der Waals surface area contributed by atoms with Crippen LogP contribution in [0, 0.1) is 22.1 Å². The maximum Gasteiger partial charge on any atom is 0.305 e. The number of nitrogens with two attached hydrogens (primary N) is 5. The minimum atomic E-state index is -2.02. The number of aromatic nitrogens is 3. The second kappa shape index (κ2) is 61.9. The number of carbonyl (C=O) groups excluding carboxylic acids is 18. The number of rotatable bonds is 58. The normalized spacial score (nSPS) is 17.6. The molecule has 0 radical (unpaired) electrons. The van der Waals surface area contributed by atoms with Crippen LogP contribution in [0.1, 0.15) is 133 Å². The number of benzene rings is 3. The molecule has 2 saturated heterocycles. The fourth-order valence-electron chi connectivity index (χ4n) is 16.1. The lowest BCUT2D eigenvalue weighted by Crippen LogP contribution is -2.61. The van der Waals surface area contributed by atoms with Gasteiger partial charge in [0.05, 0.1) is 25.7 Å². The number of phenolic OH excluding ortho intramolecular Hbond substituents is 1. The number of carbonyl (C=O) groups is 20. The molecule has 150 heavy (non-hydrogen) atoms. The smallest absolute Gasteiger partial charge is 0.305 e. The first-order valence-corrected chi connectivity index (χ1v) is 50.2. The van der Waals surface area contributed by atoms with Gasteiger partial charge in [-0.05, 0) is 124 Å². The highest BCUT2D eigenvalue weighted by Gasteiger charge is 2.43. The molecule has 0 unspecified atom stereocenters. The van der Waals surface area contributed by atoms with E-state index < -0.39 is 295 Å². The lowest BCUT2D eigenvalue weighted by molar-refractivity contribution is -0.142. The molecule has 818 valence electrons. The van der Waals surface area contributed by atoms with Crippen molar-refractivity contribution in [3.63, 3.8) is 0 Å². The number of nitrogens with one attached hydrogen (secondary N) is 24. The van der Waals surface area contributed by atoms with E-state index >= 15 is 19.2 Å². The fraction of sp³-hybridized carbons (Fsp3) is 0.505. The molecule has 54 nitrogen and oxygen atoms in total. The number of unbranched alkanes of at least 4 members (excludes halogenated alkanes) is 1. The Morgan fingerprint density at radius 3 is 1.47 bits per heavy atom. The number of carboxylic acids is 2. The second-order valence-corrected chi connectivity index (χ2v) is 37.0. The van der Waals surface area contributed by atoms with Crippen LogP contribution in [0.3, 0.4) is 0 Å². The van der Waals surface area contributed by atoms with Gasteiger partial charge in [-0.3, -0.25) is 112 Å². The van der Waals surface area contributed by atoms with Crippen molar-refractivity contribution in [2.24, 2.45) is 34.6 Å². The average Bonchev–Trinajstić information content (AvgIpc) is 1.71. The molecule has 7 rings (SSSR count). The summed E-state index contributed by atoms with van der Waals surface area (Å²) in [6, 6.07) is -5.77. The van der Waals surface area contributed by atoms with E-state index in [2.05, 4.69) is 154 Å². The zero-order valence-corrected chi connectivity index (χ0v) is 85.2. The van der Waals surface area contributed by atoms with Crippen molar-refractivity contribution in [2.75, 3.05) is 56.5 Å². The van der Waals surface area contributed by atoms with Gasteiger partial charge >= 0.3 is 11.9 Å². The Morgan fingerprint density at radius 1 is 0.480 bits per heavy atom. The summed E-state index contributed by atoms with van der Waals surface area (Å²) in [7, 11) is 0. The molecule has 2 aliphatic heterocycles. The number of imidazole rings is 1. The van der Waals surface area contributed by atoms with E-state index in [1.807, 2.05) is 0 Å². The largest absolute Gasteiger partial charge is 0.508 e. The molecule has 3 aromatic carbocycles. The van der Waals surface area contributed by atoms with Crippen LogP contribution in [-0.2, 0) is 122 Å². The van der Waals surface area contributed by atoms with Crippen LogP contribution >= 0.6 is 37.9 Å². The summed E-state index contributed by atoms with van der Waals surface area (Å²) in [4.78, 5) is 296. The maximum absolute atomic E-state index is 15.4. The van der Waals surface area contributed by atoms with Gasteiger partial charge in [0, 0.05) is 105 Å². The first-order chi connectivity index (χ1) is 71.4. The minimum absolute atomic E-state index is 0.00600. The number of H-pyrrole nitrogens is 2. The summed E-state index contributed by atoms with van der Waals surface area (Å²) in [5, 5.41) is 101. The number of primary amides is 1. The summed E-state index contributed by atoms with van der Waals surface area (Å²) in [5.74, 6) is -25.3. The standard InChI is InChI=1S/C93H135N31O23S3/c1-47(2)74(75(95)132)123-89(146)69-22-13-33-124(69)90(147)59(21-12-32-105-93(100)101)113-87(144)67(44-149)121-83(140)62(36-50-40-106-54-17-7-6-16-53(50)54)116-79(136)57(20-11-31-104-92(98)99)111-81(138)60(34-48-14-4-3-5-15-48)114-84(141)63(37-51-41-102-46-108-51)117-80(137)58(27-28-72(128)129)112-86(143)66(43-148)122-88(145)68(45-150)120-78(135)55(18-8-9-29-94)109-70(126)38-64-85(142)115-61(35-49-23-25-52(125)26-24-49)82(139)119-65(39-73(130)131)76(133)107-42-71(127)110-56(77(134)118-64)19-10-30-103-91(96)97/h3-7,14-17,23-26,40-41,46-47,55-69,74,106,125,148-150H,8-13,18-22,27-39,42-45,94H2,1-2H3,(H2,95,132)(H,102,108)(H,107,133)(H,109,126)(H,110,127)(H,111,138)(H,112,143)(H,113,144)(H,114,141)(H,115,142)(H,116,136)(H,117,137)(H,118,134)(H,119,139)(H,120,135)(H,121,140)(H,122,145)(H,123,146)(H,128,129)(H,130,131)(H4,96,97,103)(H4,98,99,104)(H4,100,101,105)/t55-,56-,57-,58-,59-,60+,61-,62-,63-,64-,65-,66-,67-,68-,69-,74-/m0/s1. The van der Waals surface area contributed by atoms with E-state index in [1.54, 1.807) is 74.6 Å². The van der Waals surface area contributed by atoms with E-state index in [4.69, 9.17) is 44.9 Å². The van der Waals surface area contributed by atoms with Crippen molar-refractivity contribution in [3.8, 4) is 5.75 Å². The molecule has 0 aliphatic carbocycles. The number of amides is 18. The number of para-hydroxylation sites is 1. The van der Waals surface area contributed by atoms with Gasteiger partial charge in [0.2, 0.25) is 106 Å². The van der Waals surface area contributed by atoms with Crippen LogP contribution in [0.25, 0.3) is 10.9 Å². The van der Waals surface area contributed by atoms with Crippen molar-refractivity contribution in [3.05, 3.63) is 120 Å². The second-order valence-electron chi connectivity index (χ2n) is 35.9. The third-order valence-corrected chi connectivity index (χ3v) is 25.1. The molecule has 16 atom stereocenters. The Bertz CT molecular complexity index is 5560. The predicted octanol–water partition coefficient (Wildman–Crippen LogP) is -8.16. The molecular weight excluding hydrogens is 2020 g/mol. The van der Waals surface area contributed by atoms with E-state index in [9.17, 15) is 92.0 Å². The molecule has 2 fully saturated rings. The van der Waals surface area contributed by atoms with Crippen molar-refractivity contribution in [2.45, 2.75) is 233 Å². The lowest BCUT2D eigenvalue weighted by atomic mass is 10.0. The molecule has 57 heteroatoms. The Kier molecular flexibility index (Phi) is 50.1. The number of nitrogens with zero attached hydrogens (tertiary/aromatic N) is 2. The SMILES string of the molecule is CC(C)[C@H](NC(=O)[C@@H]1CCCN1C(=O)[C@H](CCCNC(=N)N)NC(=O)[C@H](CS)NC(=O)[C@H](Cc1c[nH]c2ccccc12)NC(=O)[C@H](CCCNC(=N)N)NC(=O)[C@@H](Cc1ccccc1)NC(=O)[C@H](Cc1cnc[nH]1)NC(=O)[C@H](CCC(=O)O)NC(=O)[C@H](CS)NC(=O)[C@H](CS)NC(=O)[C@H](CCCCN)NC(=O)C[C@@H]1NC(=O)[C@H](CCCNC(=N)N)NC(=O)CNC(=O)[C@H](CC(=O)O)NC(=O)[C@H](Cc2ccc(O)cc2)NC1=O)C(N)=O. The molecule has 2 aromatic heterocycles. The molecule has 0 spiro atoms. The van der Waals surface area contributed by atoms with Gasteiger partial charge in [0.1, 0.15) is 102 Å². The Labute approximate surface area is 877 Å². The average molecular weight is 2150 g/mol. The predicted molar refractivity (Wildman–Crippen MR) is 553 cm³/mol. The number of hydrogen-bond donors (Lipinski definition) is 35. The van der Waals surface area contributed by atoms with Gasteiger partial charge in [0.15, 0.2) is 17.9 Å². The van der Waals surface area contributed by atoms with Crippen LogP contribution in [0.5, 0.6) is 5.75 Å². The number of fused-ring (bicyclic) bond motifs is 1. The molecule has 2 aliphatic rings. The van der Waals surface area contributed by atoms with Crippen molar-refractivity contribution < 1.29 is 111 Å². The van der Waals surface area contributed by atoms with Crippen molar-refractivity contribution >= 4 is 185 Å². The quantitative estimate of drug-likeness (QED) is 0.00744. The lowest BCUT2D eigenvalue weighted by Gasteiger charge is -2.31. The third-order valence-electron chi connectivity index (χ3n) is 24.0. The Hall–Kier alpha value is -15.6. The third kappa shape index (κ3) is 40.6. The van der Waals surface area contributed by atoms with E-state index in [1.165, 1.54) is 41.7 Å². The summed E-state index contributed by atoms with van der Waals surface area (Å²) in [5.41, 5.74) is 30.1. The van der Waals surface area contributed by atoms with E-state index in [0.717, 1.165) is 0 Å². The number of aliphatic carboxylic acids is 2. The van der Waals surface area contributed by atoms with Crippen molar-refractivity contribution in [1.82, 2.24) is 121 Å². The Balaban J connectivity index is 1.12. The number of aromatic hydroxyl groups is 1. The number of likely N-dealkylation sites (tertiary alicyclic amines) is 1. The van der Waals surface area contributed by atoms with Gasteiger partial charge < -0.3 is 160 Å². The van der Waals surface area contributed by atoms with Crippen molar-refractivity contribution in [1.29, 1.82) is 16.2 Å². The van der Waals surface area contributed by atoms with Crippen LogP contribution in [0.4, 0.5) is 0 Å². The highest BCUT2D eigenvalue weighted by Crippen LogP contribution is 2.24. The fourth-order valence-corrected chi connectivity index (χ4v) is 16.9. The first-order valence-electron chi connectivity index (χ1n) is 48.3. The van der Waals surface area contributed by atoms with Gasteiger partial charge in [-0.15, -0.1) is 0 Å². The summed E-state index contributed by atoms with van der Waals surface area (Å²) < 4.78 is 0. The van der Waals surface area contributed by atoms with Gasteiger partial charge in [0.25, 0.3) is 0 Å². The molecule has 0 saturated carbocycles. The van der Waals surface area contributed by atoms with Crippen LogP contribution in [0.2, 0.25) is 0 Å². The number of guanidine groups is 3. The zero-order valence-electron chi connectivity index (χ0n) is 82.5. The Morgan fingerprint density at radius 2 is 0.947 bits per heavy atom. The minimum Gasteiger partial charge on any atom is -0.508 e. The first kappa shape index (κ1) is 121. The number of hydrogen-bond acceptors (Lipinski definition) is 29. The number of thiol groups is 3. The molecule has 37 N–H and O–H groups in total. The number of carboxylic acid groups (broad SMARTS) is 2. The molecule has 0 bridgehead atoms. The molecule has 18 amide bonds. The highest BCUT2D eigenvalue weighted by atomic mass is 32.1. The summed E-state index contributed by atoms with van der Waals surface area (Å²) in [6.45, 7) is 2.57. The monoisotopic (exact) mass is 2150 g/mol. The van der Waals surface area contributed by atoms with Gasteiger partial charge in [-0.2, -0.15) is 37.9 Å². The van der Waals surface area contributed by atoms with Crippen LogP contribution in [-0.4, -0.2) is 325 Å². The highest BCUT2D eigenvalue weighted by molar-refractivity contribution is 7.80. The van der Waals surface area contributed by atoms with Gasteiger partial charge in [-0.1, -0.05) is 74.5 Å². The summed E-state index contributed by atoms with van der Waals surface area (Å²) >= 11 is 13.0. The number of aromatic amines is 2. The zero-order chi connectivity index (χ0) is 110. The van der Waals surface area contributed by atoms with Crippen LogP contribution < -0.4 is 130 Å². The van der Waals surface area contributed by atoms with Gasteiger partial charge in [-0.25, -0.2) is 4.98 Å². The van der Waals surface area contributed by atoms with E-state index in [0.29, 0.717) is 28.5 Å². The topological polar surface area (TPSA) is 880 Å². The molecule has 4 heterocycles. The summed E-state index contributed by atoms with van der Waals surface area (Å²) in [6.07, 6.45) is -0.869. The molecule has 5 aromatic rings. The maximum atomic E-state index is 15.4.